The van der Waals surface area contributed by atoms with Gasteiger partial charge in [-0.2, -0.15) is 18.3 Å². The van der Waals surface area contributed by atoms with Gasteiger partial charge in [-0.25, -0.2) is 13.5 Å². The van der Waals surface area contributed by atoms with Crippen molar-refractivity contribution >= 4 is 11.6 Å². The number of carbonyl (C=O) groups excluding carboxylic acids is 1. The van der Waals surface area contributed by atoms with E-state index in [4.69, 9.17) is 5.73 Å². The summed E-state index contributed by atoms with van der Waals surface area (Å²) >= 11 is 0. The van der Waals surface area contributed by atoms with Gasteiger partial charge in [0.15, 0.2) is 5.69 Å². The third-order valence-electron chi connectivity index (χ3n) is 6.68. The van der Waals surface area contributed by atoms with Crippen molar-refractivity contribution in [2.75, 3.05) is 11.9 Å². The number of anilines is 1. The molecule has 0 spiro atoms. The van der Waals surface area contributed by atoms with Gasteiger partial charge in [-0.3, -0.25) is 4.79 Å². The van der Waals surface area contributed by atoms with Crippen LogP contribution in [0.2, 0.25) is 0 Å². The summed E-state index contributed by atoms with van der Waals surface area (Å²) < 4.78 is 70.3. The number of halogens is 5. The van der Waals surface area contributed by atoms with Gasteiger partial charge in [0, 0.05) is 23.9 Å². The summed E-state index contributed by atoms with van der Waals surface area (Å²) in [5.41, 5.74) is 5.90. The quantitative estimate of drug-likeness (QED) is 0.222. The van der Waals surface area contributed by atoms with Crippen LogP contribution in [-0.4, -0.2) is 22.2 Å². The molecule has 1 saturated carbocycles. The molecule has 4 N–H and O–H groups in total. The molecule has 1 atom stereocenters. The lowest BCUT2D eigenvalue weighted by Gasteiger charge is -2.21. The summed E-state index contributed by atoms with van der Waals surface area (Å²) in [6.45, 7) is 0.746. The topological polar surface area (TPSA) is 85.0 Å². The Morgan fingerprint density at radius 1 is 1.02 bits per heavy atom. The number of alkyl halides is 3. The molecule has 5 rings (SSSR count). The molecule has 6 nitrogen and oxygen atoms in total. The van der Waals surface area contributed by atoms with Crippen molar-refractivity contribution in [3.63, 3.8) is 0 Å². The van der Waals surface area contributed by atoms with Crippen LogP contribution >= 0.6 is 0 Å². The van der Waals surface area contributed by atoms with Crippen LogP contribution in [0.5, 0.6) is 0 Å². The third kappa shape index (κ3) is 6.21. The predicted molar refractivity (Wildman–Crippen MR) is 140 cm³/mol. The summed E-state index contributed by atoms with van der Waals surface area (Å²) in [5, 5.41) is 9.55. The maximum absolute atomic E-state index is 14.7. The molecule has 1 aliphatic carbocycles. The number of nitrogens with two attached hydrogens (primary N) is 1. The molecule has 0 aliphatic heterocycles. The lowest BCUT2D eigenvalue weighted by molar-refractivity contribution is -0.141. The van der Waals surface area contributed by atoms with E-state index < -0.39 is 35.5 Å². The molecule has 3 aromatic carbocycles. The minimum absolute atomic E-state index is 0.108. The molecule has 0 bridgehead atoms. The average molecular weight is 556 g/mol. The minimum Gasteiger partial charge on any atom is -0.326 e. The van der Waals surface area contributed by atoms with E-state index in [0.717, 1.165) is 35.7 Å². The molecule has 1 fully saturated rings. The molecule has 4 aromatic rings. The summed E-state index contributed by atoms with van der Waals surface area (Å²) in [7, 11) is 0. The number of amides is 1. The third-order valence-corrected chi connectivity index (χ3v) is 6.68. The normalized spacial score (nSPS) is 14.2. The van der Waals surface area contributed by atoms with Crippen LogP contribution in [0, 0.1) is 17.6 Å². The Balaban J connectivity index is 1.47. The monoisotopic (exact) mass is 555 g/mol. The van der Waals surface area contributed by atoms with Crippen molar-refractivity contribution < 1.29 is 26.7 Å². The lowest BCUT2D eigenvalue weighted by Crippen LogP contribution is -2.26. The number of nitrogens with one attached hydrogen (secondary N) is 2. The highest BCUT2D eigenvalue weighted by Crippen LogP contribution is 2.33. The highest BCUT2D eigenvalue weighted by molar-refractivity contribution is 6.03. The fraction of sp³-hybridized carbons (Fsp3) is 0.241. The van der Waals surface area contributed by atoms with Crippen LogP contribution in [0.15, 0.2) is 72.8 Å². The zero-order valence-corrected chi connectivity index (χ0v) is 21.2. The molecule has 1 amide bonds. The number of benzene rings is 3. The Hall–Kier alpha value is -4.09. The van der Waals surface area contributed by atoms with Gasteiger partial charge in [-0.05, 0) is 78.9 Å². The number of hydrogen-bond acceptors (Lipinski definition) is 4. The molecule has 1 aromatic heterocycles. The SMILES string of the molecule is NCc1cccc(-n2nc(C(F)(F)F)cc2C(=O)Nc2cccc(C(NCC3CC3)c3cc(F)ccc3F)c2)c1. The van der Waals surface area contributed by atoms with Crippen molar-refractivity contribution in [1.29, 1.82) is 0 Å². The molecule has 1 aliphatic rings. The van der Waals surface area contributed by atoms with Gasteiger partial charge in [-0.15, -0.1) is 0 Å². The number of nitrogens with zero attached hydrogens (tertiary/aromatic N) is 2. The number of hydrogen-bond donors (Lipinski definition) is 3. The Bertz CT molecular complexity index is 1530. The zero-order valence-electron chi connectivity index (χ0n) is 21.2. The number of carbonyl (C=O) groups is 1. The Kier molecular flexibility index (Phi) is 7.68. The molecule has 11 heteroatoms. The summed E-state index contributed by atoms with van der Waals surface area (Å²) in [6, 6.07) is 16.0. The van der Waals surface area contributed by atoms with E-state index in [1.165, 1.54) is 6.07 Å². The van der Waals surface area contributed by atoms with Crippen LogP contribution < -0.4 is 16.4 Å². The Morgan fingerprint density at radius 3 is 2.52 bits per heavy atom. The second kappa shape index (κ2) is 11.2. The first kappa shape index (κ1) is 27.5. The predicted octanol–water partition coefficient (Wildman–Crippen LogP) is 5.97. The molecular weight excluding hydrogens is 529 g/mol. The van der Waals surface area contributed by atoms with Gasteiger partial charge in [0.25, 0.3) is 5.91 Å². The second-order valence-corrected chi connectivity index (χ2v) is 9.73. The van der Waals surface area contributed by atoms with Crippen LogP contribution in [0.25, 0.3) is 5.69 Å². The van der Waals surface area contributed by atoms with Crippen LogP contribution in [0.1, 0.15) is 51.8 Å². The standard InChI is InChI=1S/C29H26F5N5O/c30-20-9-10-24(31)23(13-20)27(36-16-17-7-8-17)19-4-2-5-21(12-19)37-28(40)25-14-26(29(32,33)34)38-39(25)22-6-1-3-18(11-22)15-35/h1-6,9-14,17,27,36H,7-8,15-16,35H2,(H,37,40). The molecular formula is C29H26F5N5O. The van der Waals surface area contributed by atoms with Crippen molar-refractivity contribution in [3.8, 4) is 5.69 Å². The van der Waals surface area contributed by atoms with Crippen molar-refractivity contribution in [2.24, 2.45) is 11.7 Å². The smallest absolute Gasteiger partial charge is 0.326 e. The van der Waals surface area contributed by atoms with Gasteiger partial charge >= 0.3 is 6.18 Å². The molecule has 0 saturated heterocycles. The fourth-order valence-corrected chi connectivity index (χ4v) is 4.43. The molecule has 40 heavy (non-hydrogen) atoms. The van der Waals surface area contributed by atoms with Gasteiger partial charge in [-0.1, -0.05) is 24.3 Å². The van der Waals surface area contributed by atoms with Crippen LogP contribution in [0.4, 0.5) is 27.6 Å². The van der Waals surface area contributed by atoms with Crippen LogP contribution in [0.3, 0.4) is 0 Å². The maximum atomic E-state index is 14.7. The van der Waals surface area contributed by atoms with E-state index in [9.17, 15) is 26.7 Å². The van der Waals surface area contributed by atoms with Gasteiger partial charge in [0.1, 0.15) is 17.3 Å². The molecule has 1 unspecified atom stereocenters. The Morgan fingerprint density at radius 2 is 1.80 bits per heavy atom. The van der Waals surface area contributed by atoms with E-state index in [1.807, 2.05) is 0 Å². The fourth-order valence-electron chi connectivity index (χ4n) is 4.43. The minimum atomic E-state index is -4.78. The largest absolute Gasteiger partial charge is 0.435 e. The summed E-state index contributed by atoms with van der Waals surface area (Å²) in [5.74, 6) is -1.57. The number of aromatic nitrogens is 2. The number of rotatable bonds is 9. The Labute approximate surface area is 227 Å². The molecule has 208 valence electrons. The van der Waals surface area contributed by atoms with Gasteiger partial charge in [0.05, 0.1) is 11.7 Å². The van der Waals surface area contributed by atoms with Crippen molar-refractivity contribution in [3.05, 3.63) is 113 Å². The van der Waals surface area contributed by atoms with Gasteiger partial charge < -0.3 is 16.4 Å². The highest BCUT2D eigenvalue weighted by atomic mass is 19.4. The summed E-state index contributed by atoms with van der Waals surface area (Å²) in [4.78, 5) is 13.3. The maximum Gasteiger partial charge on any atom is 0.435 e. The molecule has 0 radical (unpaired) electrons. The van der Waals surface area contributed by atoms with E-state index in [0.29, 0.717) is 29.7 Å². The lowest BCUT2D eigenvalue weighted by atomic mass is 9.97. The van der Waals surface area contributed by atoms with Crippen molar-refractivity contribution in [2.45, 2.75) is 31.6 Å². The van der Waals surface area contributed by atoms with Crippen molar-refractivity contribution in [1.82, 2.24) is 15.1 Å². The van der Waals surface area contributed by atoms with Crippen LogP contribution in [-0.2, 0) is 12.7 Å². The van der Waals surface area contributed by atoms with E-state index >= 15 is 0 Å². The first-order valence-electron chi connectivity index (χ1n) is 12.7. The first-order valence-corrected chi connectivity index (χ1v) is 12.7. The van der Waals surface area contributed by atoms with E-state index in [1.54, 1.807) is 42.5 Å². The zero-order chi connectivity index (χ0) is 28.4. The molecule has 1 heterocycles. The summed E-state index contributed by atoms with van der Waals surface area (Å²) in [6.07, 6.45) is -2.69. The van der Waals surface area contributed by atoms with E-state index in [-0.39, 0.29) is 29.2 Å². The van der Waals surface area contributed by atoms with E-state index in [2.05, 4.69) is 15.7 Å². The second-order valence-electron chi connectivity index (χ2n) is 9.73. The average Bonchev–Trinajstić information content (AvgIpc) is 3.64. The first-order chi connectivity index (χ1) is 19.1. The highest BCUT2D eigenvalue weighted by Gasteiger charge is 2.36. The van der Waals surface area contributed by atoms with Gasteiger partial charge in [0.2, 0.25) is 0 Å².